The molecule has 1 rings (SSSR count). The Morgan fingerprint density at radius 2 is 1.67 bits per heavy atom. The zero-order valence-electron chi connectivity index (χ0n) is 12.6. The van der Waals surface area contributed by atoms with Crippen LogP contribution in [0.3, 0.4) is 0 Å². The van der Waals surface area contributed by atoms with Gasteiger partial charge in [-0.3, -0.25) is 9.59 Å². The van der Waals surface area contributed by atoms with Crippen LogP contribution in [-0.4, -0.2) is 29.4 Å². The van der Waals surface area contributed by atoms with E-state index in [0.717, 1.165) is 4.90 Å². The molecular weight excluding hydrogens is 272 g/mol. The number of hydrogen-bond acceptors (Lipinski definition) is 5. The number of rotatable bonds is 3. The molecule has 114 valence electrons. The first-order chi connectivity index (χ1) is 9.63. The van der Waals surface area contributed by atoms with Crippen LogP contribution in [0.5, 0.6) is 0 Å². The minimum atomic E-state index is -1.40. The Kier molecular flexibility index (Phi) is 5.21. The third-order valence-corrected chi connectivity index (χ3v) is 2.51. The topological polar surface area (TPSA) is 89.7 Å². The summed E-state index contributed by atoms with van der Waals surface area (Å²) in [6.45, 7) is 6.25. The second-order valence-corrected chi connectivity index (χ2v) is 5.58. The summed E-state index contributed by atoms with van der Waals surface area (Å²) < 4.78 is 5.20. The summed E-state index contributed by atoms with van der Waals surface area (Å²) in [5, 5.41) is 0. The first-order valence-electron chi connectivity index (χ1n) is 6.51. The number of Topliss-reactive ketones (excluding diaryl/α,β-unsaturated/α-hetero) is 1. The molecule has 0 fully saturated rings. The van der Waals surface area contributed by atoms with Crippen molar-refractivity contribution < 1.29 is 19.1 Å². The van der Waals surface area contributed by atoms with Gasteiger partial charge in [-0.15, -0.1) is 0 Å². The summed E-state index contributed by atoms with van der Waals surface area (Å²) in [5.41, 5.74) is 5.08. The molecule has 0 saturated carbocycles. The lowest BCUT2D eigenvalue weighted by Crippen LogP contribution is -2.51. The average Bonchev–Trinajstić information content (AvgIpc) is 2.36. The van der Waals surface area contributed by atoms with Crippen molar-refractivity contribution >= 4 is 23.5 Å². The molecule has 0 aliphatic carbocycles. The number of ether oxygens (including phenoxy) is 1. The number of ketones is 1. The van der Waals surface area contributed by atoms with Crippen LogP contribution >= 0.6 is 0 Å². The normalized spacial score (nSPS) is 12.4. The zero-order valence-corrected chi connectivity index (χ0v) is 12.6. The fraction of sp³-hybridized carbons (Fsp3) is 0.400. The van der Waals surface area contributed by atoms with E-state index in [1.807, 2.05) is 0 Å². The number of nitrogens with zero attached hydrogens (tertiary/aromatic N) is 1. The Hall–Kier alpha value is -2.21. The number of carbonyl (C=O) groups excluding carboxylic acids is 3. The monoisotopic (exact) mass is 292 g/mol. The van der Waals surface area contributed by atoms with Crippen LogP contribution in [0, 0.1) is 0 Å². The maximum atomic E-state index is 12.3. The smallest absolute Gasteiger partial charge is 0.421 e. The molecule has 21 heavy (non-hydrogen) atoms. The van der Waals surface area contributed by atoms with Crippen molar-refractivity contribution in [2.75, 3.05) is 4.90 Å². The van der Waals surface area contributed by atoms with E-state index in [1.54, 1.807) is 51.1 Å². The number of nitrogens with two attached hydrogens (primary N) is 1. The summed E-state index contributed by atoms with van der Waals surface area (Å²) in [6.07, 6.45) is -0.865. The number of benzene rings is 1. The second kappa shape index (κ2) is 6.49. The molecule has 0 spiro atoms. The van der Waals surface area contributed by atoms with Crippen molar-refractivity contribution in [2.45, 2.75) is 39.3 Å². The Bertz CT molecular complexity index is 534. The van der Waals surface area contributed by atoms with E-state index < -0.39 is 29.4 Å². The summed E-state index contributed by atoms with van der Waals surface area (Å²) in [6, 6.07) is 6.80. The molecule has 0 radical (unpaired) electrons. The maximum absolute atomic E-state index is 12.3. The first kappa shape index (κ1) is 16.8. The highest BCUT2D eigenvalue weighted by molar-refractivity contribution is 6.20. The molecule has 1 aromatic carbocycles. The molecule has 0 saturated heterocycles. The van der Waals surface area contributed by atoms with Gasteiger partial charge in [-0.1, -0.05) is 18.2 Å². The van der Waals surface area contributed by atoms with Crippen LogP contribution in [-0.2, 0) is 14.3 Å². The van der Waals surface area contributed by atoms with E-state index in [4.69, 9.17) is 10.5 Å². The summed E-state index contributed by atoms with van der Waals surface area (Å²) in [7, 11) is 0. The summed E-state index contributed by atoms with van der Waals surface area (Å²) in [5.74, 6) is -1.34. The van der Waals surface area contributed by atoms with Gasteiger partial charge in [-0.25, -0.2) is 9.69 Å². The van der Waals surface area contributed by atoms with E-state index >= 15 is 0 Å². The van der Waals surface area contributed by atoms with Gasteiger partial charge in [-0.2, -0.15) is 0 Å². The maximum Gasteiger partial charge on any atom is 0.421 e. The van der Waals surface area contributed by atoms with Gasteiger partial charge in [0.15, 0.2) is 5.78 Å². The number of imide groups is 1. The third kappa shape index (κ3) is 4.68. The Morgan fingerprint density at radius 1 is 1.14 bits per heavy atom. The van der Waals surface area contributed by atoms with Gasteiger partial charge in [0.25, 0.3) is 5.91 Å². The lowest BCUT2D eigenvalue weighted by molar-refractivity contribution is -0.127. The number of anilines is 1. The van der Waals surface area contributed by atoms with E-state index in [9.17, 15) is 14.4 Å². The SMILES string of the molecule is CC(=O)C(N)C(=O)N(C(=O)OC(C)(C)C)c1ccccc1. The largest absolute Gasteiger partial charge is 0.443 e. The Morgan fingerprint density at radius 3 is 2.10 bits per heavy atom. The lowest BCUT2D eigenvalue weighted by Gasteiger charge is -2.27. The predicted molar refractivity (Wildman–Crippen MR) is 78.8 cm³/mol. The highest BCUT2D eigenvalue weighted by Crippen LogP contribution is 2.19. The van der Waals surface area contributed by atoms with Crippen molar-refractivity contribution in [1.29, 1.82) is 0 Å². The van der Waals surface area contributed by atoms with Crippen LogP contribution in [0.4, 0.5) is 10.5 Å². The standard InChI is InChI=1S/C15H20N2O4/c1-10(18)12(16)13(19)17(11-8-6-5-7-9-11)14(20)21-15(2,3)4/h5-9,12H,16H2,1-4H3. The fourth-order valence-corrected chi connectivity index (χ4v) is 1.52. The molecule has 2 amide bonds. The molecule has 1 aromatic rings. The molecule has 6 nitrogen and oxygen atoms in total. The summed E-state index contributed by atoms with van der Waals surface area (Å²) in [4.78, 5) is 36.6. The quantitative estimate of drug-likeness (QED) is 0.859. The molecule has 0 aliphatic rings. The van der Waals surface area contributed by atoms with Crippen LogP contribution in [0.25, 0.3) is 0 Å². The zero-order chi connectivity index (χ0) is 16.2. The average molecular weight is 292 g/mol. The van der Waals surface area contributed by atoms with E-state index in [1.165, 1.54) is 6.92 Å². The van der Waals surface area contributed by atoms with E-state index in [-0.39, 0.29) is 0 Å². The van der Waals surface area contributed by atoms with Crippen molar-refractivity contribution in [3.63, 3.8) is 0 Å². The molecule has 0 aliphatic heterocycles. The second-order valence-electron chi connectivity index (χ2n) is 5.58. The van der Waals surface area contributed by atoms with Gasteiger partial charge >= 0.3 is 6.09 Å². The van der Waals surface area contributed by atoms with Gasteiger partial charge in [0, 0.05) is 0 Å². The highest BCUT2D eigenvalue weighted by atomic mass is 16.6. The molecule has 0 heterocycles. The van der Waals surface area contributed by atoms with Crippen molar-refractivity contribution in [3.05, 3.63) is 30.3 Å². The number of para-hydroxylation sites is 1. The van der Waals surface area contributed by atoms with Crippen LogP contribution < -0.4 is 10.6 Å². The Labute approximate surface area is 123 Å². The number of carbonyl (C=O) groups is 3. The van der Waals surface area contributed by atoms with Gasteiger partial charge < -0.3 is 10.5 Å². The fourth-order valence-electron chi connectivity index (χ4n) is 1.52. The molecule has 0 aromatic heterocycles. The Balaban J connectivity index is 3.15. The van der Waals surface area contributed by atoms with Crippen LogP contribution in [0.2, 0.25) is 0 Å². The summed E-state index contributed by atoms with van der Waals surface area (Å²) >= 11 is 0. The predicted octanol–water partition coefficient (Wildman–Crippen LogP) is 1.87. The van der Waals surface area contributed by atoms with Gasteiger partial charge in [0.1, 0.15) is 11.6 Å². The molecule has 0 bridgehead atoms. The number of amides is 2. The minimum Gasteiger partial charge on any atom is -0.443 e. The van der Waals surface area contributed by atoms with Crippen molar-refractivity contribution in [3.8, 4) is 0 Å². The highest BCUT2D eigenvalue weighted by Gasteiger charge is 2.33. The van der Waals surface area contributed by atoms with Gasteiger partial charge in [0.05, 0.1) is 5.69 Å². The molecule has 6 heteroatoms. The van der Waals surface area contributed by atoms with Crippen molar-refractivity contribution in [1.82, 2.24) is 0 Å². The van der Waals surface area contributed by atoms with E-state index in [2.05, 4.69) is 0 Å². The van der Waals surface area contributed by atoms with Gasteiger partial charge in [-0.05, 0) is 39.8 Å². The number of hydrogen-bond donors (Lipinski definition) is 1. The third-order valence-electron chi connectivity index (χ3n) is 2.51. The molecule has 1 atom stereocenters. The molecule has 1 unspecified atom stereocenters. The lowest BCUT2D eigenvalue weighted by atomic mass is 10.1. The van der Waals surface area contributed by atoms with Crippen LogP contribution in [0.15, 0.2) is 30.3 Å². The van der Waals surface area contributed by atoms with Crippen molar-refractivity contribution in [2.24, 2.45) is 5.73 Å². The minimum absolute atomic E-state index is 0.299. The van der Waals surface area contributed by atoms with E-state index in [0.29, 0.717) is 5.69 Å². The molecular formula is C15H20N2O4. The van der Waals surface area contributed by atoms with Crippen LogP contribution in [0.1, 0.15) is 27.7 Å². The molecule has 2 N–H and O–H groups in total. The van der Waals surface area contributed by atoms with Gasteiger partial charge in [0.2, 0.25) is 0 Å². The first-order valence-corrected chi connectivity index (χ1v) is 6.51.